The molecule has 0 amide bonds. The first kappa shape index (κ1) is 12.4. The van der Waals surface area contributed by atoms with Gasteiger partial charge in [-0.2, -0.15) is 0 Å². The van der Waals surface area contributed by atoms with E-state index in [1.165, 1.54) is 12.0 Å². The van der Waals surface area contributed by atoms with Crippen LogP contribution in [0, 0.1) is 6.92 Å². The Morgan fingerprint density at radius 2 is 2.29 bits per heavy atom. The summed E-state index contributed by atoms with van der Waals surface area (Å²) in [5.41, 5.74) is 2.38. The average molecular weight is 235 g/mol. The lowest BCUT2D eigenvalue weighted by Crippen LogP contribution is -2.35. The van der Waals surface area contributed by atoms with E-state index in [2.05, 4.69) is 24.4 Å². The molecule has 1 heterocycles. The Bertz CT molecular complexity index is 359. The smallest absolute Gasteiger partial charge is 0.124 e. The van der Waals surface area contributed by atoms with E-state index in [0.717, 1.165) is 30.8 Å². The van der Waals surface area contributed by atoms with Gasteiger partial charge >= 0.3 is 0 Å². The van der Waals surface area contributed by atoms with Gasteiger partial charge in [-0.15, -0.1) is 0 Å². The molecule has 17 heavy (non-hydrogen) atoms. The van der Waals surface area contributed by atoms with Gasteiger partial charge in [-0.3, -0.25) is 0 Å². The molecule has 0 aliphatic carbocycles. The lowest BCUT2D eigenvalue weighted by atomic mass is 10.1. The van der Waals surface area contributed by atoms with E-state index in [0.29, 0.717) is 12.7 Å². The molecule has 0 aromatic heterocycles. The van der Waals surface area contributed by atoms with Crippen molar-refractivity contribution in [2.45, 2.75) is 32.5 Å². The molecule has 1 saturated heterocycles. The maximum atomic E-state index is 5.92. The molecule has 1 fully saturated rings. The Morgan fingerprint density at radius 1 is 1.41 bits per heavy atom. The van der Waals surface area contributed by atoms with Crippen LogP contribution in [-0.4, -0.2) is 26.3 Å². The van der Waals surface area contributed by atoms with Crippen LogP contribution in [-0.2, 0) is 11.3 Å². The molecule has 1 N–H and O–H groups in total. The fourth-order valence-corrected chi connectivity index (χ4v) is 2.19. The zero-order valence-electron chi connectivity index (χ0n) is 10.7. The highest BCUT2D eigenvalue weighted by Crippen LogP contribution is 2.21. The number of aryl methyl sites for hydroxylation is 1. The number of nitrogens with one attached hydrogen (secondary N) is 1. The number of hydrogen-bond donors (Lipinski definition) is 1. The summed E-state index contributed by atoms with van der Waals surface area (Å²) in [6.07, 6.45) is 2.70. The highest BCUT2D eigenvalue weighted by Gasteiger charge is 2.14. The molecule has 1 aromatic rings. The minimum Gasteiger partial charge on any atom is -0.496 e. The largest absolute Gasteiger partial charge is 0.496 e. The lowest BCUT2D eigenvalue weighted by Gasteiger charge is -2.23. The van der Waals surface area contributed by atoms with Crippen LogP contribution in [0.25, 0.3) is 0 Å². The minimum atomic E-state index is 0.342. The Morgan fingerprint density at radius 3 is 3.00 bits per heavy atom. The Balaban J connectivity index is 1.95. The van der Waals surface area contributed by atoms with Gasteiger partial charge in [0, 0.05) is 12.1 Å². The van der Waals surface area contributed by atoms with Crippen LogP contribution in [0.2, 0.25) is 0 Å². The molecular weight excluding hydrogens is 214 g/mol. The van der Waals surface area contributed by atoms with Crippen LogP contribution >= 0.6 is 0 Å². The van der Waals surface area contributed by atoms with E-state index in [9.17, 15) is 0 Å². The first-order valence-corrected chi connectivity index (χ1v) is 6.25. The molecule has 94 valence electrons. The molecule has 0 saturated carbocycles. The molecule has 1 aliphatic rings. The second-order valence-corrected chi connectivity index (χ2v) is 4.59. The van der Waals surface area contributed by atoms with Crippen molar-refractivity contribution in [3.8, 4) is 5.75 Å². The summed E-state index contributed by atoms with van der Waals surface area (Å²) in [5, 5.41) is 3.35. The number of hydrogen-bond acceptors (Lipinski definition) is 3. The minimum absolute atomic E-state index is 0.342. The molecule has 0 bridgehead atoms. The van der Waals surface area contributed by atoms with Gasteiger partial charge in [0.25, 0.3) is 0 Å². The second-order valence-electron chi connectivity index (χ2n) is 4.59. The summed E-state index contributed by atoms with van der Waals surface area (Å²) in [4.78, 5) is 0. The van der Waals surface area contributed by atoms with Crippen molar-refractivity contribution in [1.29, 1.82) is 0 Å². The molecule has 0 spiro atoms. The fourth-order valence-electron chi connectivity index (χ4n) is 2.19. The third-order valence-electron chi connectivity index (χ3n) is 3.16. The van der Waals surface area contributed by atoms with Gasteiger partial charge in [-0.05, 0) is 32.4 Å². The van der Waals surface area contributed by atoms with Gasteiger partial charge in [0.1, 0.15) is 5.75 Å². The van der Waals surface area contributed by atoms with E-state index in [1.54, 1.807) is 7.11 Å². The molecule has 1 aliphatic heterocycles. The predicted molar refractivity (Wildman–Crippen MR) is 68.4 cm³/mol. The fraction of sp³-hybridized carbons (Fsp3) is 0.571. The summed E-state index contributed by atoms with van der Waals surface area (Å²) < 4.78 is 11.3. The van der Waals surface area contributed by atoms with Gasteiger partial charge < -0.3 is 14.8 Å². The summed E-state index contributed by atoms with van der Waals surface area (Å²) in [7, 11) is 1.70. The summed E-state index contributed by atoms with van der Waals surface area (Å²) in [6.45, 7) is 4.81. The van der Waals surface area contributed by atoms with Crippen molar-refractivity contribution in [3.63, 3.8) is 0 Å². The van der Waals surface area contributed by atoms with Gasteiger partial charge in [-0.1, -0.05) is 17.7 Å². The SMILES string of the molecule is COc1ccc(C)cc1COC1CCCNC1. The predicted octanol–water partition coefficient (Wildman–Crippen LogP) is 2.27. The molecule has 3 nitrogen and oxygen atoms in total. The molecule has 1 unspecified atom stereocenters. The Labute approximate surface area is 103 Å². The highest BCUT2D eigenvalue weighted by atomic mass is 16.5. The molecular formula is C14H21NO2. The standard InChI is InChI=1S/C14H21NO2/c1-11-5-6-14(16-2)12(8-11)10-17-13-4-3-7-15-9-13/h5-6,8,13,15H,3-4,7,9-10H2,1-2H3. The third kappa shape index (κ3) is 3.45. The quantitative estimate of drug-likeness (QED) is 0.868. The molecule has 2 rings (SSSR count). The zero-order valence-corrected chi connectivity index (χ0v) is 10.7. The Kier molecular flexibility index (Phi) is 4.40. The zero-order chi connectivity index (χ0) is 12.1. The van der Waals surface area contributed by atoms with Crippen LogP contribution in [0.5, 0.6) is 5.75 Å². The van der Waals surface area contributed by atoms with Crippen molar-refractivity contribution in [1.82, 2.24) is 5.32 Å². The number of piperidine rings is 1. The van der Waals surface area contributed by atoms with Gasteiger partial charge in [-0.25, -0.2) is 0 Å². The van der Waals surface area contributed by atoms with Crippen LogP contribution in [0.1, 0.15) is 24.0 Å². The van der Waals surface area contributed by atoms with Crippen LogP contribution in [0.4, 0.5) is 0 Å². The van der Waals surface area contributed by atoms with Crippen molar-refractivity contribution in [3.05, 3.63) is 29.3 Å². The first-order chi connectivity index (χ1) is 8.29. The summed E-state index contributed by atoms with van der Waals surface area (Å²) in [6, 6.07) is 6.20. The number of rotatable bonds is 4. The summed E-state index contributed by atoms with van der Waals surface area (Å²) >= 11 is 0. The van der Waals surface area contributed by atoms with Crippen LogP contribution in [0.15, 0.2) is 18.2 Å². The molecule has 3 heteroatoms. The van der Waals surface area contributed by atoms with Gasteiger partial charge in [0.2, 0.25) is 0 Å². The third-order valence-corrected chi connectivity index (χ3v) is 3.16. The average Bonchev–Trinajstić information content (AvgIpc) is 2.38. The van der Waals surface area contributed by atoms with E-state index in [-0.39, 0.29) is 0 Å². The van der Waals surface area contributed by atoms with Gasteiger partial charge in [0.15, 0.2) is 0 Å². The topological polar surface area (TPSA) is 30.5 Å². The molecule has 1 aromatic carbocycles. The normalized spacial score (nSPS) is 20.2. The molecule has 0 radical (unpaired) electrons. The lowest BCUT2D eigenvalue weighted by molar-refractivity contribution is 0.0244. The van der Waals surface area contributed by atoms with E-state index in [1.807, 2.05) is 6.07 Å². The Hall–Kier alpha value is -1.06. The summed E-state index contributed by atoms with van der Waals surface area (Å²) in [5.74, 6) is 0.916. The van der Waals surface area contributed by atoms with Crippen LogP contribution < -0.4 is 10.1 Å². The van der Waals surface area contributed by atoms with Crippen molar-refractivity contribution in [2.75, 3.05) is 20.2 Å². The number of methoxy groups -OCH3 is 1. The maximum absolute atomic E-state index is 5.92. The molecule has 1 atom stereocenters. The first-order valence-electron chi connectivity index (χ1n) is 6.25. The number of ether oxygens (including phenoxy) is 2. The van der Waals surface area contributed by atoms with Crippen LogP contribution in [0.3, 0.4) is 0 Å². The van der Waals surface area contributed by atoms with E-state index in [4.69, 9.17) is 9.47 Å². The second kappa shape index (κ2) is 6.03. The highest BCUT2D eigenvalue weighted by molar-refractivity contribution is 5.36. The van der Waals surface area contributed by atoms with Crippen molar-refractivity contribution in [2.24, 2.45) is 0 Å². The number of benzene rings is 1. The van der Waals surface area contributed by atoms with E-state index < -0.39 is 0 Å². The van der Waals surface area contributed by atoms with E-state index >= 15 is 0 Å². The monoisotopic (exact) mass is 235 g/mol. The van der Waals surface area contributed by atoms with Crippen molar-refractivity contribution >= 4 is 0 Å². The van der Waals surface area contributed by atoms with Crippen molar-refractivity contribution < 1.29 is 9.47 Å². The maximum Gasteiger partial charge on any atom is 0.124 e. The van der Waals surface area contributed by atoms with Gasteiger partial charge in [0.05, 0.1) is 19.8 Å².